The molecule has 0 fully saturated rings. The van der Waals surface area contributed by atoms with Gasteiger partial charge >= 0.3 is 0 Å². The van der Waals surface area contributed by atoms with Crippen molar-refractivity contribution in [1.82, 2.24) is 15.0 Å². The van der Waals surface area contributed by atoms with E-state index in [0.29, 0.717) is 18.7 Å². The number of carbonyl (C=O) groups is 1. The van der Waals surface area contributed by atoms with E-state index in [-0.39, 0.29) is 0 Å². The van der Waals surface area contributed by atoms with Crippen LogP contribution in [-0.4, -0.2) is 40.9 Å². The van der Waals surface area contributed by atoms with Crippen molar-refractivity contribution in [2.24, 2.45) is 0 Å². The molecule has 2 aromatic carbocycles. The molecule has 1 aliphatic rings. The minimum atomic E-state index is -0.485. The number of fused-ring (bicyclic) bond motifs is 2. The Hall–Kier alpha value is -2.90. The van der Waals surface area contributed by atoms with Crippen molar-refractivity contribution in [3.05, 3.63) is 53.6 Å². The number of nitrogens with one attached hydrogen (secondary N) is 1. The summed E-state index contributed by atoms with van der Waals surface area (Å²) in [6, 6.07) is 13.6. The third kappa shape index (κ3) is 3.05. The van der Waals surface area contributed by atoms with Gasteiger partial charge in [0.05, 0.1) is 17.6 Å². The molecular weight excluding hydrogens is 344 g/mol. The normalized spacial score (nSPS) is 13.6. The molecule has 1 aliphatic heterocycles. The van der Waals surface area contributed by atoms with Gasteiger partial charge < -0.3 is 14.2 Å². The number of hydrogen-bond acceptors (Lipinski definition) is 5. The molecular formula is C20H22N4O3. The van der Waals surface area contributed by atoms with Crippen LogP contribution in [0.1, 0.15) is 22.3 Å². The maximum Gasteiger partial charge on any atom is 0.274 e. The second kappa shape index (κ2) is 7.38. The van der Waals surface area contributed by atoms with Gasteiger partial charge in [-0.3, -0.25) is 10.0 Å². The van der Waals surface area contributed by atoms with Crippen LogP contribution in [0.25, 0.3) is 11.0 Å². The highest BCUT2D eigenvalue weighted by Crippen LogP contribution is 2.36. The summed E-state index contributed by atoms with van der Waals surface area (Å²) >= 11 is 0. The first kappa shape index (κ1) is 17.5. The smallest absolute Gasteiger partial charge is 0.274 e. The lowest BCUT2D eigenvalue weighted by Gasteiger charge is -2.31. The van der Waals surface area contributed by atoms with Crippen LogP contribution in [0.15, 0.2) is 42.5 Å². The van der Waals surface area contributed by atoms with E-state index >= 15 is 0 Å². The summed E-state index contributed by atoms with van der Waals surface area (Å²) in [7, 11) is 1.69. The van der Waals surface area contributed by atoms with Crippen molar-refractivity contribution in [3.63, 3.8) is 0 Å². The number of para-hydroxylation sites is 2. The van der Waals surface area contributed by atoms with Crippen molar-refractivity contribution in [1.29, 1.82) is 0 Å². The van der Waals surface area contributed by atoms with Crippen LogP contribution in [0.5, 0.6) is 0 Å². The molecule has 0 aliphatic carbocycles. The Kier molecular flexibility index (Phi) is 4.79. The number of carbonyl (C=O) groups excluding carboxylic acids is 1. The number of ether oxygens (including phenoxy) is 1. The largest absolute Gasteiger partial charge is 0.383 e. The Morgan fingerprint density at radius 1 is 1.26 bits per heavy atom. The molecule has 0 atom stereocenters. The van der Waals surface area contributed by atoms with Crippen molar-refractivity contribution < 1.29 is 14.7 Å². The predicted molar refractivity (Wildman–Crippen MR) is 103 cm³/mol. The topological polar surface area (TPSA) is 79.6 Å². The summed E-state index contributed by atoms with van der Waals surface area (Å²) in [5.41, 5.74) is 6.12. The molecule has 3 aromatic rings. The van der Waals surface area contributed by atoms with E-state index in [0.717, 1.165) is 47.6 Å². The summed E-state index contributed by atoms with van der Waals surface area (Å²) in [4.78, 5) is 19.1. The van der Waals surface area contributed by atoms with Gasteiger partial charge in [0, 0.05) is 31.5 Å². The molecule has 0 spiro atoms. The van der Waals surface area contributed by atoms with Crippen molar-refractivity contribution in [3.8, 4) is 0 Å². The molecule has 7 nitrogen and oxygen atoms in total. The first-order chi connectivity index (χ1) is 13.2. The number of benzene rings is 2. The number of hydroxylamine groups is 1. The van der Waals surface area contributed by atoms with Crippen LogP contribution in [0.2, 0.25) is 0 Å². The van der Waals surface area contributed by atoms with Gasteiger partial charge in [0.15, 0.2) is 0 Å². The lowest BCUT2D eigenvalue weighted by Crippen LogP contribution is -2.30. The van der Waals surface area contributed by atoms with E-state index in [1.807, 2.05) is 30.3 Å². The fourth-order valence-corrected chi connectivity index (χ4v) is 3.78. The zero-order valence-electron chi connectivity index (χ0n) is 15.2. The monoisotopic (exact) mass is 366 g/mol. The summed E-state index contributed by atoms with van der Waals surface area (Å²) < 4.78 is 7.45. The van der Waals surface area contributed by atoms with Gasteiger partial charge in [-0.1, -0.05) is 18.2 Å². The molecule has 1 amide bonds. The second-order valence-corrected chi connectivity index (χ2v) is 6.54. The number of rotatable bonds is 5. The Balaban J connectivity index is 1.85. The average Bonchev–Trinajstić information content (AvgIpc) is 3.09. The van der Waals surface area contributed by atoms with Crippen LogP contribution in [0.3, 0.4) is 0 Å². The van der Waals surface area contributed by atoms with E-state index in [1.165, 1.54) is 0 Å². The second-order valence-electron chi connectivity index (χ2n) is 6.54. The molecule has 140 valence electrons. The molecule has 0 saturated carbocycles. The van der Waals surface area contributed by atoms with Gasteiger partial charge in [0.2, 0.25) is 5.95 Å². The molecule has 4 rings (SSSR count). The van der Waals surface area contributed by atoms with E-state index in [4.69, 9.17) is 14.9 Å². The van der Waals surface area contributed by atoms with Crippen LogP contribution in [0, 0.1) is 0 Å². The predicted octanol–water partition coefficient (Wildman–Crippen LogP) is 2.89. The Morgan fingerprint density at radius 2 is 2.11 bits per heavy atom. The SMILES string of the molecule is COCCn1c(N2CCCc3c(C(=O)NO)cccc32)nc2ccccc21. The molecule has 1 aromatic heterocycles. The standard InChI is InChI=1S/C20H22N4O3/c1-27-13-12-24-18-9-3-2-8-16(18)21-20(24)23-11-5-7-14-15(19(25)22-26)6-4-10-17(14)23/h2-4,6,8-10,26H,5,7,11-13H2,1H3,(H,22,25). The van der Waals surface area contributed by atoms with Crippen LogP contribution in [-0.2, 0) is 17.7 Å². The average molecular weight is 366 g/mol. The zero-order chi connectivity index (χ0) is 18.8. The number of aromatic nitrogens is 2. The number of nitrogens with zero attached hydrogens (tertiary/aromatic N) is 3. The summed E-state index contributed by atoms with van der Waals surface area (Å²) in [5.74, 6) is 0.359. The first-order valence-electron chi connectivity index (χ1n) is 9.02. The Morgan fingerprint density at radius 3 is 2.93 bits per heavy atom. The first-order valence-corrected chi connectivity index (χ1v) is 9.02. The van der Waals surface area contributed by atoms with Gasteiger partial charge in [-0.15, -0.1) is 0 Å². The number of imidazole rings is 1. The molecule has 27 heavy (non-hydrogen) atoms. The van der Waals surface area contributed by atoms with Crippen LogP contribution in [0.4, 0.5) is 11.6 Å². The Bertz CT molecular complexity index is 983. The minimum Gasteiger partial charge on any atom is -0.383 e. The van der Waals surface area contributed by atoms with Crippen LogP contribution >= 0.6 is 0 Å². The molecule has 2 heterocycles. The quantitative estimate of drug-likeness (QED) is 0.536. The fourth-order valence-electron chi connectivity index (χ4n) is 3.78. The molecule has 0 unspecified atom stereocenters. The number of hydrogen-bond donors (Lipinski definition) is 2. The number of amides is 1. The maximum absolute atomic E-state index is 12.1. The highest BCUT2D eigenvalue weighted by atomic mass is 16.5. The fraction of sp³-hybridized carbons (Fsp3) is 0.300. The Labute approximate surface area is 157 Å². The zero-order valence-corrected chi connectivity index (χ0v) is 15.2. The highest BCUT2D eigenvalue weighted by Gasteiger charge is 2.26. The summed E-state index contributed by atoms with van der Waals surface area (Å²) in [5, 5.41) is 9.07. The summed E-state index contributed by atoms with van der Waals surface area (Å²) in [6.45, 7) is 2.09. The van der Waals surface area contributed by atoms with Crippen molar-refractivity contribution in [2.75, 3.05) is 25.2 Å². The molecule has 0 bridgehead atoms. The lowest BCUT2D eigenvalue weighted by molar-refractivity contribution is 0.0705. The van der Waals surface area contributed by atoms with Gasteiger partial charge in [-0.2, -0.15) is 0 Å². The van der Waals surface area contributed by atoms with Crippen molar-refractivity contribution in [2.45, 2.75) is 19.4 Å². The van der Waals surface area contributed by atoms with Gasteiger partial charge in [-0.05, 0) is 42.7 Å². The van der Waals surface area contributed by atoms with E-state index in [2.05, 4.69) is 15.5 Å². The molecule has 7 heteroatoms. The highest BCUT2D eigenvalue weighted by molar-refractivity contribution is 5.97. The van der Waals surface area contributed by atoms with Gasteiger partial charge in [0.25, 0.3) is 5.91 Å². The maximum atomic E-state index is 12.1. The minimum absolute atomic E-state index is 0.485. The molecule has 0 radical (unpaired) electrons. The third-order valence-electron chi connectivity index (χ3n) is 4.99. The molecule has 2 N–H and O–H groups in total. The molecule has 0 saturated heterocycles. The summed E-state index contributed by atoms with van der Waals surface area (Å²) in [6.07, 6.45) is 1.68. The van der Waals surface area contributed by atoms with Crippen LogP contribution < -0.4 is 10.4 Å². The number of methoxy groups -OCH3 is 1. The number of anilines is 2. The van der Waals surface area contributed by atoms with E-state index in [1.54, 1.807) is 18.7 Å². The van der Waals surface area contributed by atoms with Gasteiger partial charge in [-0.25, -0.2) is 10.5 Å². The third-order valence-corrected chi connectivity index (χ3v) is 4.99. The van der Waals surface area contributed by atoms with Gasteiger partial charge in [0.1, 0.15) is 0 Å². The lowest BCUT2D eigenvalue weighted by atomic mass is 9.96. The van der Waals surface area contributed by atoms with E-state index in [9.17, 15) is 4.79 Å². The van der Waals surface area contributed by atoms with E-state index < -0.39 is 5.91 Å². The van der Waals surface area contributed by atoms with Crippen molar-refractivity contribution >= 4 is 28.6 Å².